The van der Waals surface area contributed by atoms with E-state index in [0.29, 0.717) is 23.8 Å². The van der Waals surface area contributed by atoms with Crippen molar-refractivity contribution in [3.8, 4) is 10.4 Å². The van der Waals surface area contributed by atoms with Crippen LogP contribution in [-0.2, 0) is 0 Å². The van der Waals surface area contributed by atoms with Crippen LogP contribution in [0.25, 0.3) is 20.5 Å². The molecule has 0 saturated carbocycles. The van der Waals surface area contributed by atoms with Gasteiger partial charge < -0.3 is 10.2 Å². The number of carbonyl (C=O) groups excluding carboxylic acids is 2. The molecule has 168 valence electrons. The molecule has 1 atom stereocenters. The molecule has 4 aromatic rings. The molecule has 1 N–H and O–H groups in total. The fourth-order valence-electron chi connectivity index (χ4n) is 3.91. The quantitative estimate of drug-likeness (QED) is 0.423. The number of nitrogens with zero attached hydrogens (tertiary/aromatic N) is 3. The van der Waals surface area contributed by atoms with Crippen LogP contribution in [0, 0.1) is 13.8 Å². The predicted octanol–water partition coefficient (Wildman–Crippen LogP) is 4.98. The minimum Gasteiger partial charge on any atom is -0.349 e. The van der Waals surface area contributed by atoms with E-state index in [9.17, 15) is 9.59 Å². The van der Waals surface area contributed by atoms with Crippen LogP contribution in [-0.4, -0.2) is 50.3 Å². The number of thioether (sulfide) groups is 1. The van der Waals surface area contributed by atoms with Crippen LogP contribution in [0.15, 0.2) is 48.5 Å². The summed E-state index contributed by atoms with van der Waals surface area (Å²) in [7, 11) is 0. The monoisotopic (exact) mass is 494 g/mol. The first-order chi connectivity index (χ1) is 16.0. The zero-order chi connectivity index (χ0) is 22.9. The van der Waals surface area contributed by atoms with Gasteiger partial charge in [0.2, 0.25) is 0 Å². The maximum Gasteiger partial charge on any atom is 0.275 e. The van der Waals surface area contributed by atoms with Crippen LogP contribution in [0.1, 0.15) is 31.5 Å². The summed E-state index contributed by atoms with van der Waals surface area (Å²) < 4.78 is 5.32. The molecule has 2 aromatic heterocycles. The van der Waals surface area contributed by atoms with E-state index in [-0.39, 0.29) is 17.9 Å². The van der Waals surface area contributed by atoms with Crippen molar-refractivity contribution in [3.63, 3.8) is 0 Å². The number of hydrogen-bond acceptors (Lipinski definition) is 7. The van der Waals surface area contributed by atoms with Crippen LogP contribution in [0.3, 0.4) is 0 Å². The van der Waals surface area contributed by atoms with Crippen molar-refractivity contribution in [1.29, 1.82) is 0 Å². The van der Waals surface area contributed by atoms with E-state index in [1.165, 1.54) is 22.9 Å². The molecular weight excluding hydrogens is 472 g/mol. The molecule has 6 nitrogen and oxygen atoms in total. The Labute approximate surface area is 204 Å². The van der Waals surface area contributed by atoms with Gasteiger partial charge in [0.25, 0.3) is 11.8 Å². The molecule has 1 fully saturated rings. The van der Waals surface area contributed by atoms with Gasteiger partial charge in [0, 0.05) is 17.7 Å². The maximum absolute atomic E-state index is 13.5. The van der Waals surface area contributed by atoms with Crippen molar-refractivity contribution in [2.45, 2.75) is 19.9 Å². The van der Waals surface area contributed by atoms with E-state index in [2.05, 4.69) is 20.7 Å². The van der Waals surface area contributed by atoms with Gasteiger partial charge in [0.05, 0.1) is 26.5 Å². The standard InChI is InChI=1S/C24H22N4O2S3/c1-14-6-5-7-16(10-14)22-21(26-15(2)32-22)24(30)28-13-31-12-17(28)11-25-23(29)20-18-8-3-4-9-19(18)33-27-20/h3-10,17H,11-13H2,1-2H3,(H,25,29)/t17-/m1/s1. The Hall–Kier alpha value is -2.75. The molecule has 1 aliphatic rings. The zero-order valence-electron chi connectivity index (χ0n) is 18.2. The smallest absolute Gasteiger partial charge is 0.275 e. The Balaban J connectivity index is 1.33. The lowest BCUT2D eigenvalue weighted by Gasteiger charge is -2.23. The average molecular weight is 495 g/mol. The normalized spacial score (nSPS) is 15.8. The molecule has 3 heterocycles. The van der Waals surface area contributed by atoms with Crippen LogP contribution in [0.4, 0.5) is 0 Å². The van der Waals surface area contributed by atoms with Crippen LogP contribution < -0.4 is 5.32 Å². The summed E-state index contributed by atoms with van der Waals surface area (Å²) >= 11 is 4.55. The summed E-state index contributed by atoms with van der Waals surface area (Å²) in [5, 5.41) is 4.71. The predicted molar refractivity (Wildman–Crippen MR) is 136 cm³/mol. The van der Waals surface area contributed by atoms with E-state index in [0.717, 1.165) is 36.9 Å². The highest BCUT2D eigenvalue weighted by molar-refractivity contribution is 7.99. The fourth-order valence-corrected chi connectivity index (χ4v) is 6.79. The van der Waals surface area contributed by atoms with Gasteiger partial charge in [-0.25, -0.2) is 4.98 Å². The molecule has 1 saturated heterocycles. The van der Waals surface area contributed by atoms with Crippen molar-refractivity contribution in [1.82, 2.24) is 19.6 Å². The molecule has 0 unspecified atom stereocenters. The number of aryl methyl sites for hydroxylation is 2. The van der Waals surface area contributed by atoms with Crippen LogP contribution in [0.2, 0.25) is 0 Å². The molecule has 0 aliphatic carbocycles. The van der Waals surface area contributed by atoms with Crippen LogP contribution in [0.5, 0.6) is 0 Å². The van der Waals surface area contributed by atoms with Crippen molar-refractivity contribution < 1.29 is 9.59 Å². The van der Waals surface area contributed by atoms with Crippen molar-refractivity contribution in [3.05, 3.63) is 70.5 Å². The van der Waals surface area contributed by atoms with E-state index >= 15 is 0 Å². The minimum absolute atomic E-state index is 0.0841. The molecule has 9 heteroatoms. The van der Waals surface area contributed by atoms with E-state index in [1.807, 2.05) is 61.2 Å². The number of fused-ring (bicyclic) bond motifs is 1. The van der Waals surface area contributed by atoms with E-state index in [4.69, 9.17) is 0 Å². The lowest BCUT2D eigenvalue weighted by Crippen LogP contribution is -2.44. The second-order valence-electron chi connectivity index (χ2n) is 7.95. The van der Waals surface area contributed by atoms with Gasteiger partial charge in [0.1, 0.15) is 11.4 Å². The first-order valence-corrected chi connectivity index (χ1v) is 13.3. The lowest BCUT2D eigenvalue weighted by molar-refractivity contribution is 0.0731. The molecule has 2 amide bonds. The van der Waals surface area contributed by atoms with Gasteiger partial charge in [-0.3, -0.25) is 9.59 Å². The molecule has 0 spiro atoms. The second-order valence-corrected chi connectivity index (χ2v) is 11.0. The van der Waals surface area contributed by atoms with Gasteiger partial charge in [-0.15, -0.1) is 23.1 Å². The molecule has 5 rings (SSSR count). The third-order valence-corrected chi connectivity index (χ3v) is 8.48. The minimum atomic E-state index is -0.207. The van der Waals surface area contributed by atoms with Crippen molar-refractivity contribution in [2.24, 2.45) is 0 Å². The molecular formula is C24H22N4O2S3. The molecule has 0 radical (unpaired) electrons. The Kier molecular flexibility index (Phi) is 6.18. The summed E-state index contributed by atoms with van der Waals surface area (Å²) in [5.74, 6) is 1.07. The Morgan fingerprint density at radius 2 is 1.97 bits per heavy atom. The number of hydrogen-bond donors (Lipinski definition) is 1. The Bertz CT molecular complexity index is 1350. The van der Waals surface area contributed by atoms with Gasteiger partial charge in [-0.2, -0.15) is 4.37 Å². The lowest BCUT2D eigenvalue weighted by atomic mass is 10.1. The molecule has 0 bridgehead atoms. The summed E-state index contributed by atoms with van der Waals surface area (Å²) in [6, 6.07) is 15.8. The summed E-state index contributed by atoms with van der Waals surface area (Å²) in [5.41, 5.74) is 3.09. The SMILES string of the molecule is Cc1cccc(-c2sc(C)nc2C(=O)N2CSC[C@H]2CNC(=O)c2nsc3ccccc23)c1. The molecule has 33 heavy (non-hydrogen) atoms. The highest BCUT2D eigenvalue weighted by atomic mass is 32.2. The van der Waals surface area contributed by atoms with E-state index < -0.39 is 0 Å². The number of carbonyl (C=O) groups is 2. The first-order valence-electron chi connectivity index (χ1n) is 10.6. The number of amides is 2. The van der Waals surface area contributed by atoms with Gasteiger partial charge >= 0.3 is 0 Å². The topological polar surface area (TPSA) is 75.2 Å². The van der Waals surface area contributed by atoms with Crippen molar-refractivity contribution in [2.75, 3.05) is 18.2 Å². The van der Waals surface area contributed by atoms with Gasteiger partial charge in [-0.1, -0.05) is 48.0 Å². The zero-order valence-corrected chi connectivity index (χ0v) is 20.6. The van der Waals surface area contributed by atoms with Gasteiger partial charge in [0.15, 0.2) is 0 Å². The third kappa shape index (κ3) is 4.40. The second kappa shape index (κ2) is 9.24. The first kappa shape index (κ1) is 22.1. The highest BCUT2D eigenvalue weighted by Gasteiger charge is 2.33. The van der Waals surface area contributed by atoms with Crippen molar-refractivity contribution >= 4 is 56.5 Å². The third-order valence-electron chi connectivity index (χ3n) is 5.55. The summed E-state index contributed by atoms with van der Waals surface area (Å²) in [6.07, 6.45) is 0. The molecule has 2 aromatic carbocycles. The van der Waals surface area contributed by atoms with E-state index in [1.54, 1.807) is 11.8 Å². The van der Waals surface area contributed by atoms with Gasteiger partial charge in [-0.05, 0) is 37.0 Å². The number of rotatable bonds is 5. The molecule has 1 aliphatic heterocycles. The number of aromatic nitrogens is 2. The number of nitrogens with one attached hydrogen (secondary N) is 1. The summed E-state index contributed by atoms with van der Waals surface area (Å²) in [6.45, 7) is 4.35. The number of benzene rings is 2. The fraction of sp³-hybridized carbons (Fsp3) is 0.250. The summed E-state index contributed by atoms with van der Waals surface area (Å²) in [4.78, 5) is 33.7. The Morgan fingerprint density at radius 1 is 1.12 bits per heavy atom. The average Bonchev–Trinajstić information content (AvgIpc) is 3.55. The largest absolute Gasteiger partial charge is 0.349 e. The highest BCUT2D eigenvalue weighted by Crippen LogP contribution is 2.33. The maximum atomic E-state index is 13.5. The van der Waals surface area contributed by atoms with Crippen LogP contribution >= 0.6 is 34.6 Å². The number of thiazole rings is 1. The Morgan fingerprint density at radius 3 is 2.82 bits per heavy atom.